The molecule has 1 aromatic carbocycles. The second kappa shape index (κ2) is 9.04. The second-order valence-corrected chi connectivity index (χ2v) is 9.37. The van der Waals surface area contributed by atoms with Crippen LogP contribution in [0.15, 0.2) is 18.2 Å². The van der Waals surface area contributed by atoms with E-state index in [2.05, 4.69) is 0 Å². The van der Waals surface area contributed by atoms with Gasteiger partial charge in [-0.25, -0.2) is 9.69 Å². The summed E-state index contributed by atoms with van der Waals surface area (Å²) in [5, 5.41) is 0. The Morgan fingerprint density at radius 2 is 1.68 bits per heavy atom. The minimum Gasteiger partial charge on any atom is -0.486 e. The topological polar surface area (TPSA) is 79.4 Å². The number of imide groups is 2. The molecule has 0 N–H and O–H groups in total. The normalized spacial score (nSPS) is 20.7. The summed E-state index contributed by atoms with van der Waals surface area (Å²) in [5.74, 6) is -0.163. The predicted molar refractivity (Wildman–Crippen MR) is 114 cm³/mol. The van der Waals surface area contributed by atoms with Crippen molar-refractivity contribution in [2.45, 2.75) is 49.9 Å². The summed E-state index contributed by atoms with van der Waals surface area (Å²) < 4.78 is 11.1. The summed E-state index contributed by atoms with van der Waals surface area (Å²) in [4.78, 5) is 41.1. The zero-order valence-electron chi connectivity index (χ0n) is 17.8. The van der Waals surface area contributed by atoms with Crippen molar-refractivity contribution in [2.75, 3.05) is 33.5 Å². The van der Waals surface area contributed by atoms with Crippen molar-refractivity contribution in [1.29, 1.82) is 0 Å². The van der Waals surface area contributed by atoms with Crippen LogP contribution in [0.5, 0.6) is 11.5 Å². The third kappa shape index (κ3) is 4.80. The molecule has 8 nitrogen and oxygen atoms in total. The van der Waals surface area contributed by atoms with E-state index < -0.39 is 17.8 Å². The lowest BCUT2D eigenvalue weighted by Gasteiger charge is -2.32. The Bertz CT molecular complexity index is 871. The molecule has 1 aromatic rings. The van der Waals surface area contributed by atoms with Crippen LogP contribution >= 0.6 is 11.6 Å². The number of ether oxygens (including phenoxy) is 2. The van der Waals surface area contributed by atoms with Crippen molar-refractivity contribution in [1.82, 2.24) is 14.7 Å². The van der Waals surface area contributed by atoms with Crippen LogP contribution in [-0.2, 0) is 16.1 Å². The Hall–Kier alpha value is -2.32. The minimum atomic E-state index is -0.786. The number of urea groups is 1. The summed E-state index contributed by atoms with van der Waals surface area (Å²) in [6.45, 7) is 1.72. The molecule has 1 aliphatic carbocycles. The molecule has 31 heavy (non-hydrogen) atoms. The Labute approximate surface area is 187 Å². The molecule has 4 rings (SSSR count). The van der Waals surface area contributed by atoms with Gasteiger partial charge in [-0.3, -0.25) is 19.4 Å². The molecule has 2 fully saturated rings. The smallest absolute Gasteiger partial charge is 0.335 e. The first-order valence-corrected chi connectivity index (χ1v) is 11.2. The fourth-order valence-electron chi connectivity index (χ4n) is 4.41. The first kappa shape index (κ1) is 21.9. The van der Waals surface area contributed by atoms with Gasteiger partial charge in [0.25, 0.3) is 0 Å². The van der Waals surface area contributed by atoms with E-state index in [1.165, 1.54) is 0 Å². The van der Waals surface area contributed by atoms with Crippen molar-refractivity contribution >= 4 is 29.4 Å². The molecule has 1 saturated carbocycles. The van der Waals surface area contributed by atoms with Crippen molar-refractivity contribution in [3.05, 3.63) is 23.8 Å². The van der Waals surface area contributed by atoms with Gasteiger partial charge in [-0.2, -0.15) is 0 Å². The first-order valence-electron chi connectivity index (χ1n) is 10.8. The fourth-order valence-corrected chi connectivity index (χ4v) is 4.76. The zero-order valence-corrected chi connectivity index (χ0v) is 18.5. The lowest BCUT2D eigenvalue weighted by atomic mass is 9.86. The number of rotatable bonds is 7. The second-order valence-electron chi connectivity index (χ2n) is 8.57. The molecule has 4 amide bonds. The van der Waals surface area contributed by atoms with E-state index in [-0.39, 0.29) is 18.1 Å². The third-order valence-corrected chi connectivity index (χ3v) is 6.68. The standard InChI is InChI=1S/C22H28ClN3O5/c1-24(14-16-5-6-17-18(13-16)31-12-11-30-17)15-26-20(28)19(27)25(21(26)29)10-9-22(23)7-3-2-4-8-22/h5-6,13H,2-4,7-12,14-15H2,1H3. The highest BCUT2D eigenvalue weighted by Crippen LogP contribution is 2.37. The molecule has 2 heterocycles. The van der Waals surface area contributed by atoms with E-state index in [4.69, 9.17) is 21.1 Å². The van der Waals surface area contributed by atoms with Gasteiger partial charge in [-0.05, 0) is 44.0 Å². The predicted octanol–water partition coefficient (Wildman–Crippen LogP) is 2.97. The molecule has 9 heteroatoms. The summed E-state index contributed by atoms with van der Waals surface area (Å²) in [6.07, 6.45) is 5.54. The van der Waals surface area contributed by atoms with Crippen molar-refractivity contribution < 1.29 is 23.9 Å². The number of alkyl halides is 1. The zero-order chi connectivity index (χ0) is 22.0. The van der Waals surface area contributed by atoms with E-state index >= 15 is 0 Å². The molecular formula is C22H28ClN3O5. The van der Waals surface area contributed by atoms with Gasteiger partial charge < -0.3 is 9.47 Å². The van der Waals surface area contributed by atoms with Gasteiger partial charge in [0.15, 0.2) is 11.5 Å². The molecule has 0 radical (unpaired) electrons. The molecule has 0 bridgehead atoms. The van der Waals surface area contributed by atoms with Crippen molar-refractivity contribution in [3.63, 3.8) is 0 Å². The highest BCUT2D eigenvalue weighted by molar-refractivity contribution is 6.44. The molecule has 0 unspecified atom stereocenters. The number of carbonyl (C=O) groups is 3. The van der Waals surface area contributed by atoms with Crippen molar-refractivity contribution in [3.8, 4) is 11.5 Å². The summed E-state index contributed by atoms with van der Waals surface area (Å²) in [6, 6.07) is 5.09. The van der Waals surface area contributed by atoms with Crippen molar-refractivity contribution in [2.24, 2.45) is 0 Å². The van der Waals surface area contributed by atoms with Crippen LogP contribution in [0.3, 0.4) is 0 Å². The van der Waals surface area contributed by atoms with Gasteiger partial charge in [0.05, 0.1) is 6.67 Å². The van der Waals surface area contributed by atoms with E-state index in [1.54, 1.807) is 7.05 Å². The molecule has 3 aliphatic rings. The van der Waals surface area contributed by atoms with Gasteiger partial charge in [-0.1, -0.05) is 25.3 Å². The molecule has 168 valence electrons. The van der Waals surface area contributed by atoms with Gasteiger partial charge in [-0.15, -0.1) is 11.6 Å². The highest BCUT2D eigenvalue weighted by atomic mass is 35.5. The Balaban J connectivity index is 1.35. The molecular weight excluding hydrogens is 422 g/mol. The largest absolute Gasteiger partial charge is 0.486 e. The van der Waals surface area contributed by atoms with E-state index in [9.17, 15) is 14.4 Å². The van der Waals surface area contributed by atoms with Gasteiger partial charge in [0, 0.05) is 18.0 Å². The van der Waals surface area contributed by atoms with Crippen LogP contribution in [0.1, 0.15) is 44.1 Å². The maximum absolute atomic E-state index is 12.8. The maximum Gasteiger partial charge on any atom is 0.335 e. The van der Waals surface area contributed by atoms with Gasteiger partial charge >= 0.3 is 17.8 Å². The van der Waals surface area contributed by atoms with Crippen LogP contribution < -0.4 is 9.47 Å². The van der Waals surface area contributed by atoms with Gasteiger partial charge in [0.1, 0.15) is 13.2 Å². The number of nitrogens with zero attached hydrogens (tertiary/aromatic N) is 3. The monoisotopic (exact) mass is 449 g/mol. The molecule has 0 atom stereocenters. The molecule has 0 spiro atoms. The maximum atomic E-state index is 12.8. The quantitative estimate of drug-likeness (QED) is 0.362. The number of benzene rings is 1. The Morgan fingerprint density at radius 1 is 1.00 bits per heavy atom. The number of fused-ring (bicyclic) bond motifs is 1. The van der Waals surface area contributed by atoms with Crippen LogP contribution in [0.4, 0.5) is 4.79 Å². The Morgan fingerprint density at radius 3 is 2.42 bits per heavy atom. The average Bonchev–Trinajstić information content (AvgIpc) is 2.96. The molecule has 2 aliphatic heterocycles. The number of hydrogen-bond donors (Lipinski definition) is 0. The third-order valence-electron chi connectivity index (χ3n) is 6.11. The Kier molecular flexibility index (Phi) is 6.39. The molecule has 1 saturated heterocycles. The van der Waals surface area contributed by atoms with Crippen LogP contribution in [0.25, 0.3) is 0 Å². The first-order chi connectivity index (χ1) is 14.9. The average molecular weight is 450 g/mol. The number of carbonyl (C=O) groups excluding carboxylic acids is 3. The van der Waals surface area contributed by atoms with Crippen LogP contribution in [-0.4, -0.2) is 70.9 Å². The van der Waals surface area contributed by atoms with E-state index in [0.29, 0.717) is 37.7 Å². The van der Waals surface area contributed by atoms with E-state index in [1.807, 2.05) is 23.1 Å². The van der Waals surface area contributed by atoms with Gasteiger partial charge in [0.2, 0.25) is 0 Å². The molecule has 0 aromatic heterocycles. The summed E-state index contributed by atoms with van der Waals surface area (Å²) >= 11 is 6.67. The van der Waals surface area contributed by atoms with Crippen LogP contribution in [0, 0.1) is 0 Å². The number of hydrogen-bond acceptors (Lipinski definition) is 6. The SMILES string of the molecule is CN(Cc1ccc2c(c1)OCCO2)CN1C(=O)C(=O)N(CCC2(Cl)CCCCC2)C1=O. The fraction of sp³-hybridized carbons (Fsp3) is 0.591. The lowest BCUT2D eigenvalue weighted by Crippen LogP contribution is -2.41. The summed E-state index contributed by atoms with van der Waals surface area (Å²) in [7, 11) is 1.79. The van der Waals surface area contributed by atoms with E-state index in [0.717, 1.165) is 47.5 Å². The lowest BCUT2D eigenvalue weighted by molar-refractivity contribution is -0.143. The number of halogens is 1. The summed E-state index contributed by atoms with van der Waals surface area (Å²) in [5.41, 5.74) is 0.954. The number of amides is 4. The highest BCUT2D eigenvalue weighted by Gasteiger charge is 2.45. The minimum absolute atomic E-state index is 0.0281. The van der Waals surface area contributed by atoms with Crippen LogP contribution in [0.2, 0.25) is 0 Å².